The highest BCUT2D eigenvalue weighted by Gasteiger charge is 2.24. The number of pyridine rings is 1. The van der Waals surface area contributed by atoms with E-state index in [2.05, 4.69) is 16.0 Å². The average Bonchev–Trinajstić information content (AvgIpc) is 3.63. The van der Waals surface area contributed by atoms with Gasteiger partial charge in [0.15, 0.2) is 5.65 Å². The molecular formula is C32H41N7O4. The van der Waals surface area contributed by atoms with Crippen LogP contribution in [0.3, 0.4) is 0 Å². The fourth-order valence-electron chi connectivity index (χ4n) is 6.21. The van der Waals surface area contributed by atoms with Crippen molar-refractivity contribution in [3.05, 3.63) is 48.2 Å². The van der Waals surface area contributed by atoms with Crippen molar-refractivity contribution in [2.24, 2.45) is 0 Å². The molecule has 0 atom stereocenters. The first kappa shape index (κ1) is 29.0. The predicted octanol–water partition coefficient (Wildman–Crippen LogP) is 4.35. The summed E-state index contributed by atoms with van der Waals surface area (Å²) < 4.78 is 7.33. The van der Waals surface area contributed by atoms with Gasteiger partial charge < -0.3 is 30.5 Å². The van der Waals surface area contributed by atoms with Gasteiger partial charge in [-0.1, -0.05) is 31.4 Å². The van der Waals surface area contributed by atoms with Gasteiger partial charge in [0, 0.05) is 62.6 Å². The number of nitrogens with zero attached hydrogens (tertiary/aromatic N) is 4. The first-order chi connectivity index (χ1) is 21.1. The number of ether oxygens (including phenoxy) is 1. The smallest absolute Gasteiger partial charge is 0.321 e. The Balaban J connectivity index is 1.22. The van der Waals surface area contributed by atoms with Gasteiger partial charge >= 0.3 is 6.03 Å². The Hall–Kier alpha value is -4.12. The molecule has 3 aliphatic rings. The van der Waals surface area contributed by atoms with Crippen LogP contribution < -0.4 is 16.0 Å². The number of amides is 4. The molecule has 228 valence electrons. The van der Waals surface area contributed by atoms with Crippen molar-refractivity contribution in [3.8, 4) is 11.3 Å². The normalized spacial score (nSPS) is 17.8. The van der Waals surface area contributed by atoms with Crippen LogP contribution in [0.2, 0.25) is 0 Å². The van der Waals surface area contributed by atoms with E-state index in [4.69, 9.17) is 9.72 Å². The van der Waals surface area contributed by atoms with Crippen molar-refractivity contribution in [1.82, 2.24) is 24.5 Å². The van der Waals surface area contributed by atoms with Crippen molar-refractivity contribution in [3.63, 3.8) is 0 Å². The third kappa shape index (κ3) is 6.77. The van der Waals surface area contributed by atoms with Crippen LogP contribution in [0.1, 0.15) is 61.7 Å². The molecule has 1 saturated carbocycles. The third-order valence-corrected chi connectivity index (χ3v) is 8.61. The topological polar surface area (TPSA) is 120 Å². The van der Waals surface area contributed by atoms with Gasteiger partial charge in [0.2, 0.25) is 5.91 Å². The number of morpholine rings is 1. The molecule has 0 spiro atoms. The largest absolute Gasteiger partial charge is 0.378 e. The number of carbonyl (C=O) groups excluding carboxylic acids is 3. The van der Waals surface area contributed by atoms with Crippen LogP contribution in [0.25, 0.3) is 16.9 Å². The predicted molar refractivity (Wildman–Crippen MR) is 165 cm³/mol. The minimum Gasteiger partial charge on any atom is -0.378 e. The van der Waals surface area contributed by atoms with Gasteiger partial charge in [0.05, 0.1) is 18.8 Å². The third-order valence-electron chi connectivity index (χ3n) is 8.61. The zero-order valence-corrected chi connectivity index (χ0v) is 24.6. The van der Waals surface area contributed by atoms with E-state index < -0.39 is 0 Å². The first-order valence-electron chi connectivity index (χ1n) is 15.6. The highest BCUT2D eigenvalue weighted by molar-refractivity contribution is 6.01. The zero-order chi connectivity index (χ0) is 29.6. The van der Waals surface area contributed by atoms with E-state index in [1.54, 1.807) is 11.0 Å². The van der Waals surface area contributed by atoms with Crippen molar-refractivity contribution in [2.45, 2.75) is 57.4 Å². The molecule has 0 unspecified atom stereocenters. The van der Waals surface area contributed by atoms with Crippen LogP contribution >= 0.6 is 0 Å². The molecule has 0 radical (unpaired) electrons. The van der Waals surface area contributed by atoms with Gasteiger partial charge in [-0.05, 0) is 49.9 Å². The van der Waals surface area contributed by atoms with E-state index in [0.717, 1.165) is 42.9 Å². The van der Waals surface area contributed by atoms with E-state index in [9.17, 15) is 14.4 Å². The Labute approximate surface area is 252 Å². The Morgan fingerprint density at radius 3 is 2.51 bits per heavy atom. The SMILES string of the molecule is O=C(NCCCN1CCCC1=O)c1cccn2c(NC3CCCCC3)c(-c3ccc(NC(=O)N4CCOCC4)cc3)nc12. The lowest BCUT2D eigenvalue weighted by molar-refractivity contribution is -0.127. The van der Waals surface area contributed by atoms with Crippen molar-refractivity contribution in [2.75, 3.05) is 56.6 Å². The minimum atomic E-state index is -0.180. The lowest BCUT2D eigenvalue weighted by atomic mass is 9.95. The van der Waals surface area contributed by atoms with E-state index in [1.807, 2.05) is 45.8 Å². The number of hydrogen-bond donors (Lipinski definition) is 3. The number of fused-ring (bicyclic) bond motifs is 1. The molecule has 4 heterocycles. The minimum absolute atomic E-state index is 0.133. The molecule has 4 amide bonds. The Morgan fingerprint density at radius 2 is 1.77 bits per heavy atom. The van der Waals surface area contributed by atoms with E-state index in [-0.39, 0.29) is 17.8 Å². The molecule has 0 bridgehead atoms. The van der Waals surface area contributed by atoms with Crippen molar-refractivity contribution < 1.29 is 19.1 Å². The highest BCUT2D eigenvalue weighted by Crippen LogP contribution is 2.33. The molecule has 3 N–H and O–H groups in total. The number of anilines is 2. The second kappa shape index (κ2) is 13.5. The fourth-order valence-corrected chi connectivity index (χ4v) is 6.21. The lowest BCUT2D eigenvalue weighted by Gasteiger charge is -2.27. The summed E-state index contributed by atoms with van der Waals surface area (Å²) in [5, 5.41) is 9.77. The van der Waals surface area contributed by atoms with Crippen LogP contribution in [-0.4, -0.2) is 89.0 Å². The molecule has 2 aromatic heterocycles. The number of benzene rings is 1. The van der Waals surface area contributed by atoms with E-state index >= 15 is 0 Å². The number of imidazole rings is 1. The second-order valence-corrected chi connectivity index (χ2v) is 11.6. The Kier molecular flexibility index (Phi) is 9.07. The number of urea groups is 1. The van der Waals surface area contributed by atoms with Gasteiger partial charge in [-0.2, -0.15) is 0 Å². The monoisotopic (exact) mass is 587 g/mol. The van der Waals surface area contributed by atoms with E-state index in [1.165, 1.54) is 19.3 Å². The molecule has 43 heavy (non-hydrogen) atoms. The maximum atomic E-state index is 13.3. The Bertz CT molecular complexity index is 1440. The molecule has 3 fully saturated rings. The van der Waals surface area contributed by atoms with Crippen LogP contribution in [-0.2, 0) is 9.53 Å². The quantitative estimate of drug-likeness (QED) is 0.320. The standard InChI is InChI=1S/C32H41N7O4/c40-27-10-5-16-37(27)17-6-15-33-31(41)26-9-4-18-39-29(26)36-28(30(39)34-24-7-2-1-3-8-24)23-11-13-25(14-12-23)35-32(42)38-19-21-43-22-20-38/h4,9,11-14,18,24,34H,1-3,5-8,10,15-17,19-22H2,(H,33,41)(H,35,42). The molecule has 1 aromatic carbocycles. The molecule has 11 nitrogen and oxygen atoms in total. The molecule has 2 saturated heterocycles. The summed E-state index contributed by atoms with van der Waals surface area (Å²) in [6.45, 7) is 4.22. The number of aromatic nitrogens is 2. The molecule has 6 rings (SSSR count). The lowest BCUT2D eigenvalue weighted by Crippen LogP contribution is -2.43. The maximum absolute atomic E-state index is 13.3. The zero-order valence-electron chi connectivity index (χ0n) is 24.6. The van der Waals surface area contributed by atoms with Gasteiger partial charge in [-0.15, -0.1) is 0 Å². The average molecular weight is 588 g/mol. The van der Waals surface area contributed by atoms with Crippen LogP contribution in [0.5, 0.6) is 0 Å². The molecule has 2 aliphatic heterocycles. The highest BCUT2D eigenvalue weighted by atomic mass is 16.5. The molecule has 3 aromatic rings. The summed E-state index contributed by atoms with van der Waals surface area (Å²) in [5.74, 6) is 0.890. The summed E-state index contributed by atoms with van der Waals surface area (Å²) in [6.07, 6.45) is 10.0. The summed E-state index contributed by atoms with van der Waals surface area (Å²) in [4.78, 5) is 46.5. The summed E-state index contributed by atoms with van der Waals surface area (Å²) >= 11 is 0. The summed E-state index contributed by atoms with van der Waals surface area (Å²) in [6, 6.07) is 11.6. The van der Waals surface area contributed by atoms with Crippen LogP contribution in [0.15, 0.2) is 42.6 Å². The number of likely N-dealkylation sites (tertiary alicyclic amines) is 1. The molecule has 11 heteroatoms. The van der Waals surface area contributed by atoms with Crippen molar-refractivity contribution in [1.29, 1.82) is 0 Å². The summed E-state index contributed by atoms with van der Waals surface area (Å²) in [7, 11) is 0. The Morgan fingerprint density at radius 1 is 0.977 bits per heavy atom. The van der Waals surface area contributed by atoms with Gasteiger partial charge in [0.25, 0.3) is 5.91 Å². The van der Waals surface area contributed by atoms with E-state index in [0.29, 0.717) is 75.2 Å². The molecular weight excluding hydrogens is 546 g/mol. The van der Waals surface area contributed by atoms with Gasteiger partial charge in [-0.25, -0.2) is 9.78 Å². The van der Waals surface area contributed by atoms with Gasteiger partial charge in [0.1, 0.15) is 11.5 Å². The van der Waals surface area contributed by atoms with Crippen LogP contribution in [0, 0.1) is 0 Å². The summed E-state index contributed by atoms with van der Waals surface area (Å²) in [5.41, 5.74) is 3.47. The number of carbonyl (C=O) groups is 3. The first-order valence-corrected chi connectivity index (χ1v) is 15.6. The number of rotatable bonds is 9. The maximum Gasteiger partial charge on any atom is 0.321 e. The second-order valence-electron chi connectivity index (χ2n) is 11.6. The van der Waals surface area contributed by atoms with Crippen molar-refractivity contribution >= 4 is 35.0 Å². The molecule has 1 aliphatic carbocycles. The van der Waals surface area contributed by atoms with Gasteiger partial charge in [-0.3, -0.25) is 14.0 Å². The van der Waals surface area contributed by atoms with Crippen LogP contribution in [0.4, 0.5) is 16.3 Å². The number of hydrogen-bond acceptors (Lipinski definition) is 6. The fraction of sp³-hybridized carbons (Fsp3) is 0.500. The number of nitrogens with one attached hydrogen (secondary N) is 3.